The Morgan fingerprint density at radius 3 is 2.52 bits per heavy atom. The number of likely N-dealkylation sites (tertiary alicyclic amines) is 1. The van der Waals surface area contributed by atoms with Gasteiger partial charge in [0, 0.05) is 18.0 Å². The first-order valence-electron chi connectivity index (χ1n) is 7.28. The van der Waals surface area contributed by atoms with Gasteiger partial charge in [0.1, 0.15) is 5.82 Å². The normalized spacial score (nSPS) is 16.1. The third kappa shape index (κ3) is 3.50. The Morgan fingerprint density at radius 2 is 1.90 bits per heavy atom. The van der Waals surface area contributed by atoms with Crippen molar-refractivity contribution in [1.82, 2.24) is 4.90 Å². The van der Waals surface area contributed by atoms with Crippen molar-refractivity contribution >= 4 is 17.2 Å². The van der Waals surface area contributed by atoms with Crippen LogP contribution in [0.2, 0.25) is 0 Å². The number of thiophene rings is 1. The van der Waals surface area contributed by atoms with E-state index < -0.39 is 0 Å². The number of hydrogen-bond donors (Lipinski definition) is 0. The van der Waals surface area contributed by atoms with Gasteiger partial charge in [-0.05, 0) is 47.9 Å². The molecule has 1 amide bonds. The van der Waals surface area contributed by atoms with E-state index in [1.807, 2.05) is 4.90 Å². The van der Waals surface area contributed by atoms with E-state index in [9.17, 15) is 9.18 Å². The number of rotatable bonds is 3. The molecule has 0 N–H and O–H groups in total. The van der Waals surface area contributed by atoms with Crippen LogP contribution in [0.1, 0.15) is 29.2 Å². The van der Waals surface area contributed by atoms with Gasteiger partial charge in [0.05, 0.1) is 6.42 Å². The zero-order chi connectivity index (χ0) is 14.7. The summed E-state index contributed by atoms with van der Waals surface area (Å²) in [5.41, 5.74) is 0.877. The molecule has 2 aromatic rings. The maximum Gasteiger partial charge on any atom is 0.226 e. The van der Waals surface area contributed by atoms with Crippen LogP contribution in [0.3, 0.4) is 0 Å². The van der Waals surface area contributed by atoms with Crippen LogP contribution in [0.15, 0.2) is 41.8 Å². The standard InChI is InChI=1S/C17H18FNOS/c18-15-5-3-13(4-6-15)12-17(20)19-9-7-14(8-10-19)16-2-1-11-21-16/h1-6,11,14H,7-10,12H2. The maximum absolute atomic E-state index is 12.9. The van der Waals surface area contributed by atoms with Crippen molar-refractivity contribution in [2.75, 3.05) is 13.1 Å². The summed E-state index contributed by atoms with van der Waals surface area (Å²) in [4.78, 5) is 15.6. The van der Waals surface area contributed by atoms with Gasteiger partial charge in [-0.3, -0.25) is 4.79 Å². The number of hydrogen-bond acceptors (Lipinski definition) is 2. The molecule has 1 aliphatic rings. The zero-order valence-corrected chi connectivity index (χ0v) is 12.6. The Balaban J connectivity index is 1.54. The molecule has 0 spiro atoms. The summed E-state index contributed by atoms with van der Waals surface area (Å²) >= 11 is 1.80. The van der Waals surface area contributed by atoms with Crippen molar-refractivity contribution < 1.29 is 9.18 Å². The van der Waals surface area contributed by atoms with Gasteiger partial charge < -0.3 is 4.90 Å². The minimum atomic E-state index is -0.261. The molecule has 0 atom stereocenters. The van der Waals surface area contributed by atoms with Crippen molar-refractivity contribution in [2.45, 2.75) is 25.2 Å². The third-order valence-electron chi connectivity index (χ3n) is 4.06. The molecule has 3 rings (SSSR count). The minimum Gasteiger partial charge on any atom is -0.342 e. The summed E-state index contributed by atoms with van der Waals surface area (Å²) in [6.07, 6.45) is 2.44. The SMILES string of the molecule is O=C(Cc1ccc(F)cc1)N1CCC(c2cccs2)CC1. The van der Waals surface area contributed by atoms with Crippen molar-refractivity contribution in [3.05, 3.63) is 58.0 Å². The molecular weight excluding hydrogens is 285 g/mol. The monoisotopic (exact) mass is 303 g/mol. The average molecular weight is 303 g/mol. The van der Waals surface area contributed by atoms with Crippen molar-refractivity contribution in [1.29, 1.82) is 0 Å². The van der Waals surface area contributed by atoms with Crippen molar-refractivity contribution in [2.24, 2.45) is 0 Å². The fourth-order valence-electron chi connectivity index (χ4n) is 2.83. The lowest BCUT2D eigenvalue weighted by Crippen LogP contribution is -2.38. The zero-order valence-electron chi connectivity index (χ0n) is 11.8. The molecular formula is C17H18FNOS. The molecule has 0 bridgehead atoms. The van der Waals surface area contributed by atoms with Gasteiger partial charge in [-0.2, -0.15) is 0 Å². The highest BCUT2D eigenvalue weighted by molar-refractivity contribution is 7.10. The number of amides is 1. The lowest BCUT2D eigenvalue weighted by atomic mass is 9.95. The molecule has 0 radical (unpaired) electrons. The molecule has 1 aliphatic heterocycles. The van der Waals surface area contributed by atoms with E-state index in [1.165, 1.54) is 17.0 Å². The smallest absolute Gasteiger partial charge is 0.226 e. The Bertz CT molecular complexity index is 586. The van der Waals surface area contributed by atoms with Crippen LogP contribution >= 0.6 is 11.3 Å². The predicted molar refractivity (Wildman–Crippen MR) is 83.0 cm³/mol. The van der Waals surface area contributed by atoms with Gasteiger partial charge >= 0.3 is 0 Å². The molecule has 0 unspecified atom stereocenters. The summed E-state index contributed by atoms with van der Waals surface area (Å²) in [6.45, 7) is 1.64. The fourth-order valence-corrected chi connectivity index (χ4v) is 3.73. The number of carbonyl (C=O) groups excluding carboxylic acids is 1. The lowest BCUT2D eigenvalue weighted by Gasteiger charge is -2.31. The highest BCUT2D eigenvalue weighted by Gasteiger charge is 2.24. The summed E-state index contributed by atoms with van der Waals surface area (Å²) in [5, 5.41) is 2.11. The summed E-state index contributed by atoms with van der Waals surface area (Å²) < 4.78 is 12.9. The van der Waals surface area contributed by atoms with E-state index in [-0.39, 0.29) is 11.7 Å². The predicted octanol–water partition coefficient (Wildman–Crippen LogP) is 3.84. The van der Waals surface area contributed by atoms with Crippen LogP contribution in [-0.2, 0) is 11.2 Å². The minimum absolute atomic E-state index is 0.145. The quantitative estimate of drug-likeness (QED) is 0.844. The average Bonchev–Trinajstić information content (AvgIpc) is 3.04. The van der Waals surface area contributed by atoms with Gasteiger partial charge in [0.25, 0.3) is 0 Å². The first kappa shape index (κ1) is 14.3. The van der Waals surface area contributed by atoms with E-state index in [2.05, 4.69) is 17.5 Å². The molecule has 4 heteroatoms. The van der Waals surface area contributed by atoms with Crippen LogP contribution < -0.4 is 0 Å². The molecule has 110 valence electrons. The number of halogens is 1. The molecule has 0 aliphatic carbocycles. The van der Waals surface area contributed by atoms with E-state index >= 15 is 0 Å². The molecule has 21 heavy (non-hydrogen) atoms. The van der Waals surface area contributed by atoms with Crippen LogP contribution in [0.25, 0.3) is 0 Å². The van der Waals surface area contributed by atoms with Crippen LogP contribution in [0, 0.1) is 5.82 Å². The molecule has 1 fully saturated rings. The van der Waals surface area contributed by atoms with Gasteiger partial charge in [-0.1, -0.05) is 18.2 Å². The largest absolute Gasteiger partial charge is 0.342 e. The second kappa shape index (κ2) is 6.39. The number of piperidine rings is 1. The molecule has 2 nitrogen and oxygen atoms in total. The topological polar surface area (TPSA) is 20.3 Å². The Labute approximate surface area is 128 Å². The van der Waals surface area contributed by atoms with E-state index in [0.717, 1.165) is 31.5 Å². The highest BCUT2D eigenvalue weighted by atomic mass is 32.1. The number of benzene rings is 1. The Morgan fingerprint density at radius 1 is 1.19 bits per heavy atom. The van der Waals surface area contributed by atoms with E-state index in [4.69, 9.17) is 0 Å². The fraction of sp³-hybridized carbons (Fsp3) is 0.353. The molecule has 2 heterocycles. The van der Waals surface area contributed by atoms with Crippen LogP contribution in [-0.4, -0.2) is 23.9 Å². The van der Waals surface area contributed by atoms with Crippen LogP contribution in [0.4, 0.5) is 4.39 Å². The number of nitrogens with zero attached hydrogens (tertiary/aromatic N) is 1. The van der Waals surface area contributed by atoms with Crippen molar-refractivity contribution in [3.63, 3.8) is 0 Å². The highest BCUT2D eigenvalue weighted by Crippen LogP contribution is 2.31. The molecule has 0 saturated carbocycles. The maximum atomic E-state index is 12.9. The molecule has 1 aromatic heterocycles. The van der Waals surface area contributed by atoms with Gasteiger partial charge in [0.2, 0.25) is 5.91 Å². The first-order valence-corrected chi connectivity index (χ1v) is 8.16. The van der Waals surface area contributed by atoms with E-state index in [1.54, 1.807) is 23.5 Å². The summed E-state index contributed by atoms with van der Waals surface area (Å²) in [5.74, 6) is 0.481. The van der Waals surface area contributed by atoms with Crippen molar-refractivity contribution in [3.8, 4) is 0 Å². The molecule has 1 saturated heterocycles. The Hall–Kier alpha value is -1.68. The lowest BCUT2D eigenvalue weighted by molar-refractivity contribution is -0.131. The van der Waals surface area contributed by atoms with Crippen LogP contribution in [0.5, 0.6) is 0 Å². The summed E-state index contributed by atoms with van der Waals surface area (Å²) in [6, 6.07) is 10.5. The van der Waals surface area contributed by atoms with Gasteiger partial charge in [-0.15, -0.1) is 11.3 Å². The number of carbonyl (C=O) groups is 1. The summed E-state index contributed by atoms with van der Waals surface area (Å²) in [7, 11) is 0. The first-order chi connectivity index (χ1) is 10.2. The van der Waals surface area contributed by atoms with Gasteiger partial charge in [-0.25, -0.2) is 4.39 Å². The van der Waals surface area contributed by atoms with Gasteiger partial charge in [0.15, 0.2) is 0 Å². The Kier molecular flexibility index (Phi) is 4.34. The third-order valence-corrected chi connectivity index (χ3v) is 5.10. The molecule has 1 aromatic carbocycles. The van der Waals surface area contributed by atoms with E-state index in [0.29, 0.717) is 12.3 Å². The second-order valence-corrected chi connectivity index (χ2v) is 6.45. The second-order valence-electron chi connectivity index (χ2n) is 5.47.